The van der Waals surface area contributed by atoms with Crippen molar-refractivity contribution in [3.63, 3.8) is 0 Å². The van der Waals surface area contributed by atoms with Gasteiger partial charge in [-0.2, -0.15) is 0 Å². The number of hydrogen-bond donors (Lipinski definition) is 1. The molecule has 1 aliphatic rings. The Labute approximate surface area is 181 Å². The van der Waals surface area contributed by atoms with Crippen molar-refractivity contribution < 1.29 is 19.1 Å². The van der Waals surface area contributed by atoms with Gasteiger partial charge in [0, 0.05) is 42.9 Å². The molecule has 1 N–H and O–H groups in total. The third-order valence-corrected chi connectivity index (χ3v) is 5.22. The number of nitrogens with zero attached hydrogens (tertiary/aromatic N) is 2. The zero-order valence-corrected chi connectivity index (χ0v) is 17.4. The van der Waals surface area contributed by atoms with Crippen molar-refractivity contribution in [3.8, 4) is 17.2 Å². The van der Waals surface area contributed by atoms with Crippen LogP contribution in [-0.4, -0.2) is 34.5 Å². The number of fused-ring (bicyclic) bond motifs is 1. The van der Waals surface area contributed by atoms with Crippen LogP contribution in [0.25, 0.3) is 5.69 Å². The Morgan fingerprint density at radius 1 is 1.06 bits per heavy atom. The summed E-state index contributed by atoms with van der Waals surface area (Å²) in [6, 6.07) is 12.9. The third-order valence-electron chi connectivity index (χ3n) is 5.22. The predicted molar refractivity (Wildman–Crippen MR) is 116 cm³/mol. The lowest BCUT2D eigenvalue weighted by Gasteiger charge is -2.15. The fourth-order valence-electron chi connectivity index (χ4n) is 3.45. The van der Waals surface area contributed by atoms with Crippen LogP contribution in [0.3, 0.4) is 0 Å². The van der Waals surface area contributed by atoms with Crippen LogP contribution in [0.1, 0.15) is 48.1 Å². The average molecular weight is 419 g/mol. The summed E-state index contributed by atoms with van der Waals surface area (Å²) < 4.78 is 13.1. The van der Waals surface area contributed by atoms with Crippen LogP contribution in [0, 0.1) is 0 Å². The Morgan fingerprint density at radius 3 is 2.58 bits per heavy atom. The van der Waals surface area contributed by atoms with Gasteiger partial charge in [-0.15, -0.1) is 0 Å². The maximum atomic E-state index is 12.5. The fourth-order valence-corrected chi connectivity index (χ4v) is 3.45. The number of imidazole rings is 1. The summed E-state index contributed by atoms with van der Waals surface area (Å²) in [4.78, 5) is 29.0. The molecule has 0 spiro atoms. The van der Waals surface area contributed by atoms with Crippen LogP contribution < -0.4 is 14.8 Å². The van der Waals surface area contributed by atoms with Crippen LogP contribution in [0.2, 0.25) is 0 Å². The standard InChI is InChI=1S/C24H25N3O4/c1-17(18-3-6-20(7-4-18)27-12-11-25-16-27)26-24(29)10-8-21(28)19-5-9-22-23(15-19)31-14-2-13-30-22/h3-7,9,11-12,15-17H,2,8,10,13-14H2,1H3,(H,26,29)/t17-/m1/s1. The average Bonchev–Trinajstić information content (AvgIpc) is 3.23. The number of hydrogen-bond acceptors (Lipinski definition) is 5. The molecule has 7 nitrogen and oxygen atoms in total. The second-order valence-corrected chi connectivity index (χ2v) is 7.49. The van der Waals surface area contributed by atoms with Gasteiger partial charge in [0.2, 0.25) is 5.91 Å². The zero-order chi connectivity index (χ0) is 21.6. The molecule has 4 rings (SSSR count). The molecule has 2 heterocycles. The van der Waals surface area contributed by atoms with Crippen molar-refractivity contribution >= 4 is 11.7 Å². The Bertz CT molecular complexity index is 1050. The number of Topliss-reactive ketones (excluding diaryl/α,β-unsaturated/α-hetero) is 1. The summed E-state index contributed by atoms with van der Waals surface area (Å²) in [5.74, 6) is 0.984. The molecule has 7 heteroatoms. The molecule has 1 atom stereocenters. The summed E-state index contributed by atoms with van der Waals surface area (Å²) >= 11 is 0. The van der Waals surface area contributed by atoms with E-state index in [-0.39, 0.29) is 30.6 Å². The van der Waals surface area contributed by atoms with Crippen LogP contribution in [0.4, 0.5) is 0 Å². The maximum absolute atomic E-state index is 12.5. The molecule has 1 aliphatic heterocycles. The Morgan fingerprint density at radius 2 is 1.84 bits per heavy atom. The zero-order valence-electron chi connectivity index (χ0n) is 17.4. The minimum Gasteiger partial charge on any atom is -0.490 e. The molecule has 0 radical (unpaired) electrons. The number of carbonyl (C=O) groups is 2. The summed E-state index contributed by atoms with van der Waals surface area (Å²) in [6.07, 6.45) is 6.41. The number of benzene rings is 2. The first-order chi connectivity index (χ1) is 15.1. The Hall–Kier alpha value is -3.61. The third kappa shape index (κ3) is 5.12. The number of rotatable bonds is 7. The van der Waals surface area contributed by atoms with Gasteiger partial charge < -0.3 is 19.4 Å². The number of ketones is 1. The number of aromatic nitrogens is 2. The molecule has 0 unspecified atom stereocenters. The quantitative estimate of drug-likeness (QED) is 0.588. The predicted octanol–water partition coefficient (Wildman–Crippen LogP) is 3.87. The number of carbonyl (C=O) groups excluding carboxylic acids is 2. The molecule has 1 aromatic heterocycles. The van der Waals surface area contributed by atoms with E-state index in [1.807, 2.05) is 42.0 Å². The van der Waals surface area contributed by atoms with E-state index in [0.717, 1.165) is 17.7 Å². The molecule has 31 heavy (non-hydrogen) atoms. The minimum atomic E-state index is -0.158. The first-order valence-corrected chi connectivity index (χ1v) is 10.4. The lowest BCUT2D eigenvalue weighted by atomic mass is 10.0. The van der Waals surface area contributed by atoms with Gasteiger partial charge in [-0.1, -0.05) is 12.1 Å². The van der Waals surface area contributed by atoms with Gasteiger partial charge >= 0.3 is 0 Å². The normalized spacial score (nSPS) is 13.8. The molecule has 0 saturated carbocycles. The smallest absolute Gasteiger partial charge is 0.220 e. The van der Waals surface area contributed by atoms with E-state index in [1.165, 1.54) is 0 Å². The SMILES string of the molecule is C[C@@H](NC(=O)CCC(=O)c1ccc2c(c1)OCCCO2)c1ccc(-n2ccnc2)cc1. The van der Waals surface area contributed by atoms with Crippen molar-refractivity contribution in [2.45, 2.75) is 32.2 Å². The molecule has 0 bridgehead atoms. The van der Waals surface area contributed by atoms with Crippen molar-refractivity contribution in [1.29, 1.82) is 0 Å². The highest BCUT2D eigenvalue weighted by atomic mass is 16.5. The second-order valence-electron chi connectivity index (χ2n) is 7.49. The minimum absolute atomic E-state index is 0.0943. The Balaban J connectivity index is 1.29. The van der Waals surface area contributed by atoms with E-state index in [1.54, 1.807) is 30.7 Å². The molecule has 3 aromatic rings. The van der Waals surface area contributed by atoms with E-state index in [2.05, 4.69) is 10.3 Å². The highest BCUT2D eigenvalue weighted by Gasteiger charge is 2.16. The van der Waals surface area contributed by atoms with Crippen molar-refractivity contribution in [2.24, 2.45) is 0 Å². The van der Waals surface area contributed by atoms with Gasteiger partial charge in [0.05, 0.1) is 25.6 Å². The van der Waals surface area contributed by atoms with Gasteiger partial charge in [0.1, 0.15) is 0 Å². The summed E-state index contributed by atoms with van der Waals surface area (Å²) in [5, 5.41) is 2.96. The summed E-state index contributed by atoms with van der Waals surface area (Å²) in [7, 11) is 0. The second kappa shape index (κ2) is 9.47. The monoisotopic (exact) mass is 419 g/mol. The number of amides is 1. The lowest BCUT2D eigenvalue weighted by Crippen LogP contribution is -2.27. The topological polar surface area (TPSA) is 82.5 Å². The molecule has 0 saturated heterocycles. The first-order valence-electron chi connectivity index (χ1n) is 10.4. The van der Waals surface area contributed by atoms with Crippen LogP contribution in [0.5, 0.6) is 11.5 Å². The number of nitrogens with one attached hydrogen (secondary N) is 1. The Kier molecular flexibility index (Phi) is 6.31. The van der Waals surface area contributed by atoms with E-state index in [4.69, 9.17) is 9.47 Å². The van der Waals surface area contributed by atoms with E-state index < -0.39 is 0 Å². The maximum Gasteiger partial charge on any atom is 0.220 e. The van der Waals surface area contributed by atoms with E-state index in [9.17, 15) is 9.59 Å². The largest absolute Gasteiger partial charge is 0.490 e. The van der Waals surface area contributed by atoms with Gasteiger partial charge in [-0.05, 0) is 42.8 Å². The van der Waals surface area contributed by atoms with Crippen LogP contribution in [-0.2, 0) is 4.79 Å². The summed E-state index contributed by atoms with van der Waals surface area (Å²) in [6.45, 7) is 3.09. The molecule has 1 amide bonds. The molecular formula is C24H25N3O4. The first kappa shape index (κ1) is 20.7. The van der Waals surface area contributed by atoms with Crippen molar-refractivity contribution in [2.75, 3.05) is 13.2 Å². The molecule has 0 aliphatic carbocycles. The highest BCUT2D eigenvalue weighted by Crippen LogP contribution is 2.30. The van der Waals surface area contributed by atoms with Gasteiger partial charge in [0.25, 0.3) is 0 Å². The fraction of sp³-hybridized carbons (Fsp3) is 0.292. The molecular weight excluding hydrogens is 394 g/mol. The van der Waals surface area contributed by atoms with Crippen molar-refractivity contribution in [1.82, 2.24) is 14.9 Å². The van der Waals surface area contributed by atoms with Gasteiger partial charge in [-0.25, -0.2) is 4.98 Å². The van der Waals surface area contributed by atoms with E-state index in [0.29, 0.717) is 30.3 Å². The van der Waals surface area contributed by atoms with Gasteiger partial charge in [0.15, 0.2) is 17.3 Å². The number of ether oxygens (including phenoxy) is 2. The molecule has 160 valence electrons. The van der Waals surface area contributed by atoms with Gasteiger partial charge in [-0.3, -0.25) is 9.59 Å². The van der Waals surface area contributed by atoms with Crippen LogP contribution >= 0.6 is 0 Å². The lowest BCUT2D eigenvalue weighted by molar-refractivity contribution is -0.121. The summed E-state index contributed by atoms with van der Waals surface area (Å²) in [5.41, 5.74) is 2.52. The molecule has 2 aromatic carbocycles. The van der Waals surface area contributed by atoms with Crippen molar-refractivity contribution in [3.05, 3.63) is 72.3 Å². The van der Waals surface area contributed by atoms with E-state index >= 15 is 0 Å². The highest BCUT2D eigenvalue weighted by molar-refractivity contribution is 5.98. The molecule has 0 fully saturated rings. The van der Waals surface area contributed by atoms with Crippen LogP contribution in [0.15, 0.2) is 61.2 Å².